The first kappa shape index (κ1) is 16.0. The molecule has 0 spiro atoms. The maximum absolute atomic E-state index is 13.1. The molecule has 1 atom stereocenters. The Hall–Kier alpha value is -1.45. The van der Waals surface area contributed by atoms with Crippen LogP contribution in [0.5, 0.6) is 0 Å². The van der Waals surface area contributed by atoms with Crippen LogP contribution in [-0.4, -0.2) is 42.0 Å². The van der Waals surface area contributed by atoms with Crippen molar-refractivity contribution in [1.82, 2.24) is 14.5 Å². The average Bonchev–Trinajstić information content (AvgIpc) is 3.00. The number of benzene rings is 1. The van der Waals surface area contributed by atoms with Gasteiger partial charge >= 0.3 is 0 Å². The Morgan fingerprint density at radius 3 is 2.67 bits per heavy atom. The molecule has 0 saturated carbocycles. The number of hydrogen-bond acceptors (Lipinski definition) is 5. The number of nitrogens with one attached hydrogen (secondary N) is 1. The van der Waals surface area contributed by atoms with Crippen molar-refractivity contribution in [2.45, 2.75) is 36.9 Å². The third-order valence-corrected chi connectivity index (χ3v) is 6.44. The van der Waals surface area contributed by atoms with Crippen molar-refractivity contribution >= 4 is 21.6 Å². The Labute approximate surface area is 144 Å². The lowest BCUT2D eigenvalue weighted by atomic mass is 10.0. The number of fused-ring (bicyclic) bond motifs is 1. The van der Waals surface area contributed by atoms with Crippen molar-refractivity contribution < 1.29 is 17.9 Å². The van der Waals surface area contributed by atoms with Crippen LogP contribution in [0.3, 0.4) is 0 Å². The van der Waals surface area contributed by atoms with Gasteiger partial charge in [-0.3, -0.25) is 5.10 Å². The molecule has 2 aliphatic rings. The zero-order valence-electron chi connectivity index (χ0n) is 12.8. The highest BCUT2D eigenvalue weighted by molar-refractivity contribution is 7.89. The van der Waals surface area contributed by atoms with E-state index in [1.807, 2.05) is 0 Å². The lowest BCUT2D eigenvalue weighted by Crippen LogP contribution is -2.52. The second-order valence-corrected chi connectivity index (χ2v) is 8.10. The lowest BCUT2D eigenvalue weighted by Gasteiger charge is -2.44. The topological polar surface area (TPSA) is 84.5 Å². The van der Waals surface area contributed by atoms with Crippen LogP contribution in [0.4, 0.5) is 0 Å². The summed E-state index contributed by atoms with van der Waals surface area (Å²) in [7, 11) is -3.71. The Bertz CT molecular complexity index is 846. The highest BCUT2D eigenvalue weighted by atomic mass is 35.5. The molecule has 1 N–H and O–H groups in total. The van der Waals surface area contributed by atoms with Gasteiger partial charge in [-0.1, -0.05) is 11.6 Å². The first-order chi connectivity index (χ1) is 11.5. The summed E-state index contributed by atoms with van der Waals surface area (Å²) in [6.07, 6.45) is 1.21. The van der Waals surface area contributed by atoms with Crippen LogP contribution >= 0.6 is 11.6 Å². The minimum absolute atomic E-state index is 0.191. The molecule has 1 aromatic heterocycles. The number of halogens is 1. The quantitative estimate of drug-likeness (QED) is 0.895. The number of sulfonamides is 1. The van der Waals surface area contributed by atoms with E-state index < -0.39 is 22.4 Å². The summed E-state index contributed by atoms with van der Waals surface area (Å²) in [6, 6.07) is 5.57. The van der Waals surface area contributed by atoms with Crippen LogP contribution in [0.25, 0.3) is 0 Å². The summed E-state index contributed by atoms with van der Waals surface area (Å²) in [4.78, 5) is 0.191. The van der Waals surface area contributed by atoms with Gasteiger partial charge in [0.25, 0.3) is 0 Å². The highest BCUT2D eigenvalue weighted by Gasteiger charge is 2.47. The van der Waals surface area contributed by atoms with E-state index in [0.29, 0.717) is 18.0 Å². The zero-order valence-corrected chi connectivity index (χ0v) is 14.4. The van der Waals surface area contributed by atoms with E-state index in [0.717, 1.165) is 11.3 Å². The number of rotatable bonds is 3. The second-order valence-electron chi connectivity index (χ2n) is 5.78. The third kappa shape index (κ3) is 2.55. The minimum atomic E-state index is -3.71. The van der Waals surface area contributed by atoms with Crippen molar-refractivity contribution in [2.24, 2.45) is 0 Å². The Morgan fingerprint density at radius 1 is 1.29 bits per heavy atom. The summed E-state index contributed by atoms with van der Waals surface area (Å²) in [5, 5.41) is 7.45. The molecule has 9 heteroatoms. The minimum Gasteiger partial charge on any atom is -0.322 e. The molecule has 2 aromatic rings. The smallest absolute Gasteiger partial charge is 0.243 e. The van der Waals surface area contributed by atoms with Gasteiger partial charge in [-0.2, -0.15) is 9.40 Å². The monoisotopic (exact) mass is 369 g/mol. The van der Waals surface area contributed by atoms with Crippen molar-refractivity contribution in [3.8, 4) is 0 Å². The van der Waals surface area contributed by atoms with Crippen LogP contribution in [0.2, 0.25) is 5.02 Å². The number of hydrogen-bond donors (Lipinski definition) is 1. The van der Waals surface area contributed by atoms with E-state index in [1.54, 1.807) is 25.3 Å². The third-order valence-electron chi connectivity index (χ3n) is 4.29. The fourth-order valence-electron chi connectivity index (χ4n) is 3.12. The molecule has 0 radical (unpaired) electrons. The molecule has 24 heavy (non-hydrogen) atoms. The fraction of sp³-hybridized carbons (Fsp3) is 0.400. The van der Waals surface area contributed by atoms with E-state index in [2.05, 4.69) is 10.2 Å². The molecule has 0 unspecified atom stereocenters. The van der Waals surface area contributed by atoms with Gasteiger partial charge in [0.05, 0.1) is 11.1 Å². The molecule has 1 fully saturated rings. The number of ether oxygens (including phenoxy) is 2. The molecular formula is C15H16ClN3O4S. The lowest BCUT2D eigenvalue weighted by molar-refractivity contribution is -0.390. The predicted octanol–water partition coefficient (Wildman–Crippen LogP) is 2.07. The van der Waals surface area contributed by atoms with Crippen molar-refractivity contribution in [1.29, 1.82) is 0 Å². The van der Waals surface area contributed by atoms with Crippen LogP contribution in [0.1, 0.15) is 24.2 Å². The average molecular weight is 370 g/mol. The molecule has 0 amide bonds. The Balaban J connectivity index is 1.74. The second kappa shape index (κ2) is 5.82. The number of aromatic amines is 1. The van der Waals surface area contributed by atoms with Crippen molar-refractivity contribution in [2.75, 3.05) is 6.54 Å². The molecule has 0 bridgehead atoms. The summed E-state index contributed by atoms with van der Waals surface area (Å²) in [5.74, 6) is 0. The first-order valence-electron chi connectivity index (χ1n) is 7.57. The van der Waals surface area contributed by atoms with E-state index in [4.69, 9.17) is 21.1 Å². The van der Waals surface area contributed by atoms with Crippen LogP contribution in [0.15, 0.2) is 35.4 Å². The zero-order chi connectivity index (χ0) is 16.9. The maximum atomic E-state index is 13.1. The van der Waals surface area contributed by atoms with Gasteiger partial charge in [0.2, 0.25) is 10.0 Å². The van der Waals surface area contributed by atoms with E-state index >= 15 is 0 Å². The van der Waals surface area contributed by atoms with Gasteiger partial charge in [-0.15, -0.1) is 0 Å². The Kier molecular flexibility index (Phi) is 3.89. The van der Waals surface area contributed by atoms with Crippen LogP contribution in [-0.2, 0) is 25.9 Å². The molecule has 128 valence electrons. The number of H-pyrrole nitrogens is 1. The molecule has 2 aliphatic heterocycles. The molecule has 1 saturated heterocycles. The van der Waals surface area contributed by atoms with E-state index in [-0.39, 0.29) is 11.2 Å². The molecule has 4 rings (SSSR count). The molecule has 7 nitrogen and oxygen atoms in total. The van der Waals surface area contributed by atoms with Crippen LogP contribution < -0.4 is 0 Å². The fourth-order valence-corrected chi connectivity index (χ4v) is 4.84. The van der Waals surface area contributed by atoms with Gasteiger partial charge in [0, 0.05) is 29.2 Å². The summed E-state index contributed by atoms with van der Waals surface area (Å²) < 4.78 is 38.8. The summed E-state index contributed by atoms with van der Waals surface area (Å²) in [6.45, 7) is 2.09. The Morgan fingerprint density at radius 2 is 2.00 bits per heavy atom. The normalized spacial score (nSPS) is 27.5. The molecule has 1 aromatic carbocycles. The van der Waals surface area contributed by atoms with Gasteiger partial charge < -0.3 is 9.47 Å². The van der Waals surface area contributed by atoms with Gasteiger partial charge in [-0.25, -0.2) is 8.42 Å². The summed E-state index contributed by atoms with van der Waals surface area (Å²) >= 11 is 5.87. The van der Waals surface area contributed by atoms with Gasteiger partial charge in [0.15, 0.2) is 12.6 Å². The highest BCUT2D eigenvalue weighted by Crippen LogP contribution is 2.40. The standard InChI is InChI=1S/C15H16ClN3O4S/c1-9-22-15(23-9)14-12-8-17-18-13(12)6-7-19(14)24(20,21)11-4-2-10(16)3-5-11/h2-5,8-9,14-15H,6-7H2,1H3,(H,17,18)/t9?,14-,15?/m1/s1. The van der Waals surface area contributed by atoms with Crippen LogP contribution in [0, 0.1) is 0 Å². The van der Waals surface area contributed by atoms with Crippen molar-refractivity contribution in [3.63, 3.8) is 0 Å². The van der Waals surface area contributed by atoms with Gasteiger partial charge in [-0.05, 0) is 31.2 Å². The maximum Gasteiger partial charge on any atom is 0.243 e. The van der Waals surface area contributed by atoms with Crippen molar-refractivity contribution in [3.05, 3.63) is 46.7 Å². The molecule has 3 heterocycles. The number of aromatic nitrogens is 2. The summed E-state index contributed by atoms with van der Waals surface area (Å²) in [5.41, 5.74) is 1.70. The molecule has 0 aliphatic carbocycles. The number of nitrogens with zero attached hydrogens (tertiary/aromatic N) is 2. The van der Waals surface area contributed by atoms with E-state index in [1.165, 1.54) is 16.4 Å². The SMILES string of the molecule is CC1OC([C@H]2c3cn[nH]c3CCN2S(=O)(=O)c2ccc(Cl)cc2)O1. The van der Waals surface area contributed by atoms with E-state index in [9.17, 15) is 8.42 Å². The largest absolute Gasteiger partial charge is 0.322 e. The first-order valence-corrected chi connectivity index (χ1v) is 9.39. The molecular weight excluding hydrogens is 354 g/mol. The van der Waals surface area contributed by atoms with Gasteiger partial charge in [0.1, 0.15) is 6.04 Å². The predicted molar refractivity (Wildman–Crippen MR) is 85.8 cm³/mol.